The molecular weight excluding hydrogens is 236 g/mol. The van der Waals surface area contributed by atoms with E-state index in [1.807, 2.05) is 13.0 Å². The van der Waals surface area contributed by atoms with Gasteiger partial charge in [-0.05, 0) is 32.2 Å². The Morgan fingerprint density at radius 2 is 2.00 bits per heavy atom. The molecular formula is C15H28N4. The maximum absolute atomic E-state index is 5.66. The third-order valence-corrected chi connectivity index (χ3v) is 3.23. The summed E-state index contributed by atoms with van der Waals surface area (Å²) in [4.78, 5) is 9.03. The van der Waals surface area contributed by atoms with Crippen LogP contribution in [-0.2, 0) is 0 Å². The van der Waals surface area contributed by atoms with Crippen molar-refractivity contribution in [1.82, 2.24) is 9.97 Å². The number of anilines is 1. The molecule has 0 fully saturated rings. The summed E-state index contributed by atoms with van der Waals surface area (Å²) >= 11 is 0. The molecule has 4 nitrogen and oxygen atoms in total. The Balaban J connectivity index is 2.65. The Bertz CT molecular complexity index is 370. The Kier molecular flexibility index (Phi) is 6.78. The second-order valence-electron chi connectivity index (χ2n) is 5.52. The SMILES string of the molecule is CCCC(CCN)CNc1cc(C)nc(C(C)C)n1. The Hall–Kier alpha value is -1.16. The highest BCUT2D eigenvalue weighted by molar-refractivity contribution is 5.36. The van der Waals surface area contributed by atoms with E-state index < -0.39 is 0 Å². The molecule has 1 unspecified atom stereocenters. The number of nitrogens with zero attached hydrogens (tertiary/aromatic N) is 2. The maximum Gasteiger partial charge on any atom is 0.133 e. The van der Waals surface area contributed by atoms with Crippen molar-refractivity contribution in [2.24, 2.45) is 11.7 Å². The molecule has 1 rings (SSSR count). The number of hydrogen-bond donors (Lipinski definition) is 2. The van der Waals surface area contributed by atoms with E-state index in [9.17, 15) is 0 Å². The van der Waals surface area contributed by atoms with Crippen LogP contribution in [0.1, 0.15) is 57.5 Å². The first kappa shape index (κ1) is 15.9. The number of rotatable bonds is 8. The third kappa shape index (κ3) is 5.55. The molecule has 3 N–H and O–H groups in total. The fourth-order valence-electron chi connectivity index (χ4n) is 2.18. The van der Waals surface area contributed by atoms with Gasteiger partial charge in [-0.2, -0.15) is 0 Å². The van der Waals surface area contributed by atoms with Crippen LogP contribution in [0.25, 0.3) is 0 Å². The van der Waals surface area contributed by atoms with Crippen LogP contribution in [0, 0.1) is 12.8 Å². The van der Waals surface area contributed by atoms with Gasteiger partial charge in [0.2, 0.25) is 0 Å². The van der Waals surface area contributed by atoms with Crippen LogP contribution < -0.4 is 11.1 Å². The van der Waals surface area contributed by atoms with Crippen LogP contribution >= 0.6 is 0 Å². The van der Waals surface area contributed by atoms with Crippen molar-refractivity contribution in [1.29, 1.82) is 0 Å². The van der Waals surface area contributed by atoms with E-state index in [0.717, 1.165) is 36.8 Å². The van der Waals surface area contributed by atoms with Gasteiger partial charge in [-0.1, -0.05) is 27.2 Å². The summed E-state index contributed by atoms with van der Waals surface area (Å²) < 4.78 is 0. The number of nitrogens with two attached hydrogens (primary N) is 1. The predicted molar refractivity (Wildman–Crippen MR) is 81.4 cm³/mol. The zero-order chi connectivity index (χ0) is 14.3. The van der Waals surface area contributed by atoms with Gasteiger partial charge >= 0.3 is 0 Å². The van der Waals surface area contributed by atoms with Gasteiger partial charge in [0.15, 0.2) is 0 Å². The van der Waals surface area contributed by atoms with Crippen LogP contribution in [0.3, 0.4) is 0 Å². The maximum atomic E-state index is 5.66. The van der Waals surface area contributed by atoms with Crippen molar-refractivity contribution in [2.75, 3.05) is 18.4 Å². The van der Waals surface area contributed by atoms with E-state index in [-0.39, 0.29) is 0 Å². The fourth-order valence-corrected chi connectivity index (χ4v) is 2.18. The number of aromatic nitrogens is 2. The van der Waals surface area contributed by atoms with Crippen molar-refractivity contribution >= 4 is 5.82 Å². The average molecular weight is 264 g/mol. The molecule has 0 saturated carbocycles. The normalized spacial score (nSPS) is 12.7. The molecule has 0 amide bonds. The van der Waals surface area contributed by atoms with E-state index >= 15 is 0 Å². The molecule has 0 bridgehead atoms. The first-order valence-corrected chi connectivity index (χ1v) is 7.36. The molecule has 0 aromatic carbocycles. The molecule has 0 aliphatic heterocycles. The first-order chi connectivity index (χ1) is 9.06. The molecule has 1 heterocycles. The standard InChI is InChI=1S/C15H28N4/c1-5-6-13(7-8-16)10-17-14-9-12(4)18-15(19-14)11(2)3/h9,11,13H,5-8,10,16H2,1-4H3,(H,17,18,19). The van der Waals surface area contributed by atoms with E-state index in [4.69, 9.17) is 5.73 Å². The summed E-state index contributed by atoms with van der Waals surface area (Å²) in [6.45, 7) is 10.2. The lowest BCUT2D eigenvalue weighted by molar-refractivity contribution is 0.472. The Labute approximate surface area is 117 Å². The minimum absolute atomic E-state index is 0.357. The molecule has 1 aromatic heterocycles. The van der Waals surface area contributed by atoms with Crippen molar-refractivity contribution in [3.63, 3.8) is 0 Å². The van der Waals surface area contributed by atoms with Gasteiger partial charge in [-0.3, -0.25) is 0 Å². The number of hydrogen-bond acceptors (Lipinski definition) is 4. The van der Waals surface area contributed by atoms with Gasteiger partial charge in [0.05, 0.1) is 0 Å². The Morgan fingerprint density at radius 1 is 1.26 bits per heavy atom. The molecule has 0 saturated heterocycles. The van der Waals surface area contributed by atoms with Crippen molar-refractivity contribution in [2.45, 2.75) is 52.9 Å². The molecule has 1 atom stereocenters. The van der Waals surface area contributed by atoms with Crippen LogP contribution in [0.5, 0.6) is 0 Å². The molecule has 108 valence electrons. The first-order valence-electron chi connectivity index (χ1n) is 7.36. The highest BCUT2D eigenvalue weighted by atomic mass is 15.0. The van der Waals surface area contributed by atoms with Crippen LogP contribution in [0.4, 0.5) is 5.82 Å². The van der Waals surface area contributed by atoms with Crippen LogP contribution in [-0.4, -0.2) is 23.1 Å². The molecule has 0 spiro atoms. The predicted octanol–water partition coefficient (Wildman–Crippen LogP) is 3.09. The summed E-state index contributed by atoms with van der Waals surface area (Å²) in [6.07, 6.45) is 3.49. The van der Waals surface area contributed by atoms with Gasteiger partial charge in [0.25, 0.3) is 0 Å². The summed E-state index contributed by atoms with van der Waals surface area (Å²) in [5.41, 5.74) is 6.68. The second kappa shape index (κ2) is 8.10. The lowest BCUT2D eigenvalue weighted by Gasteiger charge is -2.17. The third-order valence-electron chi connectivity index (χ3n) is 3.23. The van der Waals surface area contributed by atoms with Gasteiger partial charge in [-0.25, -0.2) is 9.97 Å². The topological polar surface area (TPSA) is 63.8 Å². The largest absolute Gasteiger partial charge is 0.370 e. The molecule has 1 aromatic rings. The van der Waals surface area contributed by atoms with E-state index in [2.05, 4.69) is 36.1 Å². The van der Waals surface area contributed by atoms with Crippen molar-refractivity contribution < 1.29 is 0 Å². The minimum atomic E-state index is 0.357. The minimum Gasteiger partial charge on any atom is -0.370 e. The Morgan fingerprint density at radius 3 is 2.58 bits per heavy atom. The molecule has 4 heteroatoms. The average Bonchev–Trinajstić information content (AvgIpc) is 2.36. The van der Waals surface area contributed by atoms with Gasteiger partial charge in [0.1, 0.15) is 11.6 Å². The highest BCUT2D eigenvalue weighted by Crippen LogP contribution is 2.16. The van der Waals surface area contributed by atoms with Gasteiger partial charge in [0, 0.05) is 24.2 Å². The number of aryl methyl sites for hydroxylation is 1. The van der Waals surface area contributed by atoms with Crippen LogP contribution in [0.15, 0.2) is 6.07 Å². The molecule has 0 aliphatic carbocycles. The quantitative estimate of drug-likeness (QED) is 0.757. The van der Waals surface area contributed by atoms with Crippen molar-refractivity contribution in [3.8, 4) is 0 Å². The summed E-state index contributed by atoms with van der Waals surface area (Å²) in [5.74, 6) is 2.84. The van der Waals surface area contributed by atoms with E-state index in [0.29, 0.717) is 11.8 Å². The lowest BCUT2D eigenvalue weighted by Crippen LogP contribution is -2.19. The lowest BCUT2D eigenvalue weighted by atomic mass is 10.00. The van der Waals surface area contributed by atoms with Gasteiger partial charge in [-0.15, -0.1) is 0 Å². The zero-order valence-corrected chi connectivity index (χ0v) is 12.7. The smallest absolute Gasteiger partial charge is 0.133 e. The monoisotopic (exact) mass is 264 g/mol. The van der Waals surface area contributed by atoms with Crippen LogP contribution in [0.2, 0.25) is 0 Å². The molecule has 0 radical (unpaired) electrons. The molecule has 0 aliphatic rings. The zero-order valence-electron chi connectivity index (χ0n) is 12.7. The molecule has 19 heavy (non-hydrogen) atoms. The van der Waals surface area contributed by atoms with Crippen molar-refractivity contribution in [3.05, 3.63) is 17.6 Å². The number of nitrogens with one attached hydrogen (secondary N) is 1. The summed E-state index contributed by atoms with van der Waals surface area (Å²) in [7, 11) is 0. The van der Waals surface area contributed by atoms with Gasteiger partial charge < -0.3 is 11.1 Å². The second-order valence-corrected chi connectivity index (χ2v) is 5.52. The highest BCUT2D eigenvalue weighted by Gasteiger charge is 2.09. The van der Waals surface area contributed by atoms with E-state index in [1.54, 1.807) is 0 Å². The summed E-state index contributed by atoms with van der Waals surface area (Å²) in [6, 6.07) is 2.01. The fraction of sp³-hybridized carbons (Fsp3) is 0.733. The summed E-state index contributed by atoms with van der Waals surface area (Å²) in [5, 5.41) is 3.44. The van der Waals surface area contributed by atoms with E-state index in [1.165, 1.54) is 12.8 Å².